The summed E-state index contributed by atoms with van der Waals surface area (Å²) in [6, 6.07) is -0.541. The maximum absolute atomic E-state index is 15.9. The van der Waals surface area contributed by atoms with Gasteiger partial charge in [0.2, 0.25) is 0 Å². The summed E-state index contributed by atoms with van der Waals surface area (Å²) >= 11 is 0. The van der Waals surface area contributed by atoms with Crippen LogP contribution in [0.25, 0.3) is 10.4 Å². The Kier molecular flexibility index (Phi) is 7.69. The molecule has 230 valence electrons. The number of Topliss-reactive ketones (excluding diaryl/α,β-unsaturated/α-hetero) is 1. The third-order valence-electron chi connectivity index (χ3n) is 11.3. The summed E-state index contributed by atoms with van der Waals surface area (Å²) in [6.45, 7) is 1.75. The Labute approximate surface area is 244 Å². The number of hydrogen-bond donors (Lipinski definition) is 3. The van der Waals surface area contributed by atoms with Crippen molar-refractivity contribution in [3.63, 3.8) is 0 Å². The Morgan fingerprint density at radius 3 is 2.79 bits per heavy atom. The standard InChI is InChI=1S/C29H42FN7O5/c1-36-8-2-3-15(36)6-7-32-25-18(30)10-16-26-28(25)42-24-11-20-23(12-21(24)37(26)13-17(27(16)38)29(39)40)41-22-9-14(34-35-31)4-5-19(22)33-20/h13-16,18-26,28,32-33H,2-12H2,1H3,(H,39,40). The molecule has 13 unspecified atom stereocenters. The third kappa shape index (κ3) is 4.92. The minimum Gasteiger partial charge on any atom is -0.478 e. The van der Waals surface area contributed by atoms with Crippen LogP contribution in [0.15, 0.2) is 16.9 Å². The number of nitrogens with one attached hydrogen (secondary N) is 2. The van der Waals surface area contributed by atoms with E-state index in [2.05, 4.69) is 32.6 Å². The van der Waals surface area contributed by atoms with E-state index in [1.54, 1.807) is 0 Å². The van der Waals surface area contributed by atoms with Crippen LogP contribution < -0.4 is 10.6 Å². The summed E-state index contributed by atoms with van der Waals surface area (Å²) in [5.74, 6) is -2.54. The Bertz CT molecular complexity index is 1170. The number of morpholine rings is 2. The van der Waals surface area contributed by atoms with E-state index in [4.69, 9.17) is 15.0 Å². The van der Waals surface area contributed by atoms with Crippen molar-refractivity contribution in [2.45, 2.75) is 131 Å². The number of likely N-dealkylation sites (tertiary alicyclic amines) is 1. The van der Waals surface area contributed by atoms with Crippen LogP contribution in [-0.4, -0.2) is 120 Å². The van der Waals surface area contributed by atoms with Crippen LogP contribution >= 0.6 is 0 Å². The SMILES string of the molecule is CN1CCCC1CCNC1C(F)CC2C(=O)C(C(=O)O)=CN3C4CC5OC6CC(N=[N+]=[N-])CCC6NC5CC4OC1C23. The first kappa shape index (κ1) is 28.5. The van der Waals surface area contributed by atoms with Crippen LogP contribution in [0.4, 0.5) is 4.39 Å². The maximum atomic E-state index is 15.9. The molecular weight excluding hydrogens is 545 g/mol. The van der Waals surface area contributed by atoms with Crippen molar-refractivity contribution < 1.29 is 28.6 Å². The second kappa shape index (κ2) is 11.3. The van der Waals surface area contributed by atoms with Crippen molar-refractivity contribution in [3.8, 4) is 0 Å². The molecule has 3 saturated heterocycles. The Morgan fingerprint density at radius 1 is 1.19 bits per heavy atom. The minimum atomic E-state index is -1.31. The summed E-state index contributed by atoms with van der Waals surface area (Å²) in [6.07, 6.45) is 6.06. The van der Waals surface area contributed by atoms with Crippen molar-refractivity contribution in [1.29, 1.82) is 0 Å². The lowest BCUT2D eigenvalue weighted by molar-refractivity contribution is -0.222. The van der Waals surface area contributed by atoms with Crippen LogP contribution in [0.2, 0.25) is 0 Å². The fraction of sp³-hybridized carbons (Fsp3) is 0.862. The zero-order valence-electron chi connectivity index (χ0n) is 24.1. The van der Waals surface area contributed by atoms with Gasteiger partial charge in [-0.3, -0.25) is 4.79 Å². The summed E-state index contributed by atoms with van der Waals surface area (Å²) in [4.78, 5) is 32.9. The molecule has 3 aliphatic carbocycles. The summed E-state index contributed by atoms with van der Waals surface area (Å²) in [5.41, 5.74) is 8.64. The summed E-state index contributed by atoms with van der Waals surface area (Å²) < 4.78 is 29.3. The van der Waals surface area contributed by atoms with Gasteiger partial charge in [0.25, 0.3) is 0 Å². The molecule has 13 heteroatoms. The van der Waals surface area contributed by atoms with Crippen LogP contribution in [-0.2, 0) is 19.1 Å². The number of ketones is 1. The van der Waals surface area contributed by atoms with Gasteiger partial charge < -0.3 is 35.0 Å². The molecule has 13 atom stereocenters. The normalized spacial score (nSPS) is 46.4. The van der Waals surface area contributed by atoms with Gasteiger partial charge in [-0.2, -0.15) is 0 Å². The predicted octanol–water partition coefficient (Wildman–Crippen LogP) is 1.90. The number of ether oxygens (including phenoxy) is 2. The molecule has 6 fully saturated rings. The Morgan fingerprint density at radius 2 is 2.02 bits per heavy atom. The number of carbonyl (C=O) groups excluding carboxylic acids is 1. The van der Waals surface area contributed by atoms with Crippen molar-refractivity contribution in [2.75, 3.05) is 20.1 Å². The minimum absolute atomic E-state index is 0.0163. The molecule has 0 aromatic carbocycles. The monoisotopic (exact) mass is 587 g/mol. The first-order valence-corrected chi connectivity index (χ1v) is 15.8. The van der Waals surface area contributed by atoms with Gasteiger partial charge >= 0.3 is 5.97 Å². The number of nitrogens with zero attached hydrogens (tertiary/aromatic N) is 5. The molecule has 0 spiro atoms. The average molecular weight is 588 g/mol. The maximum Gasteiger partial charge on any atom is 0.340 e. The molecule has 7 aliphatic rings. The lowest BCUT2D eigenvalue weighted by Gasteiger charge is -2.61. The molecule has 0 aromatic rings. The van der Waals surface area contributed by atoms with E-state index >= 15 is 4.39 Å². The quantitative estimate of drug-likeness (QED) is 0.183. The van der Waals surface area contributed by atoms with Gasteiger partial charge in [-0.05, 0) is 83.5 Å². The Hall–Kier alpha value is -2.28. The number of halogens is 1. The number of azide groups is 1. The van der Waals surface area contributed by atoms with E-state index in [1.807, 2.05) is 4.90 Å². The number of rotatable bonds is 6. The van der Waals surface area contributed by atoms with Gasteiger partial charge in [-0.25, -0.2) is 9.18 Å². The second-order valence-corrected chi connectivity index (χ2v) is 13.5. The van der Waals surface area contributed by atoms with Gasteiger partial charge in [0.05, 0.1) is 42.5 Å². The summed E-state index contributed by atoms with van der Waals surface area (Å²) in [5, 5.41) is 21.1. The number of fused-ring (bicyclic) bond motifs is 4. The van der Waals surface area contributed by atoms with Crippen molar-refractivity contribution in [1.82, 2.24) is 20.4 Å². The Balaban J connectivity index is 1.13. The van der Waals surface area contributed by atoms with Crippen molar-refractivity contribution in [3.05, 3.63) is 22.2 Å². The predicted molar refractivity (Wildman–Crippen MR) is 149 cm³/mol. The number of carbonyl (C=O) groups is 2. The highest BCUT2D eigenvalue weighted by molar-refractivity contribution is 6.18. The molecule has 3 N–H and O–H groups in total. The number of carboxylic acid groups (broad SMARTS) is 1. The number of carboxylic acids is 1. The van der Waals surface area contributed by atoms with Gasteiger partial charge in [0.15, 0.2) is 5.78 Å². The number of hydrogen-bond acceptors (Lipinski definition) is 9. The van der Waals surface area contributed by atoms with Crippen molar-refractivity contribution in [2.24, 2.45) is 11.0 Å². The fourth-order valence-electron chi connectivity index (χ4n) is 9.19. The zero-order chi connectivity index (χ0) is 29.1. The average Bonchev–Trinajstić information content (AvgIpc) is 3.38. The largest absolute Gasteiger partial charge is 0.478 e. The zero-order valence-corrected chi connectivity index (χ0v) is 24.1. The number of alkyl halides is 1. The third-order valence-corrected chi connectivity index (χ3v) is 11.3. The summed E-state index contributed by atoms with van der Waals surface area (Å²) in [7, 11) is 2.14. The lowest BCUT2D eigenvalue weighted by Crippen LogP contribution is -2.75. The van der Waals surface area contributed by atoms with E-state index in [-0.39, 0.29) is 54.5 Å². The van der Waals surface area contributed by atoms with Crippen LogP contribution in [0.1, 0.15) is 57.8 Å². The van der Waals surface area contributed by atoms with E-state index in [1.165, 1.54) is 12.6 Å². The molecule has 0 aromatic heterocycles. The molecule has 0 radical (unpaired) electrons. The lowest BCUT2D eigenvalue weighted by atomic mass is 9.69. The van der Waals surface area contributed by atoms with E-state index in [9.17, 15) is 14.7 Å². The molecule has 3 saturated carbocycles. The van der Waals surface area contributed by atoms with E-state index < -0.39 is 42.0 Å². The van der Waals surface area contributed by atoms with Gasteiger partial charge in [-0.15, -0.1) is 0 Å². The van der Waals surface area contributed by atoms with Gasteiger partial charge in [-0.1, -0.05) is 5.11 Å². The highest BCUT2D eigenvalue weighted by Gasteiger charge is 2.60. The molecule has 7 rings (SSSR count). The van der Waals surface area contributed by atoms with Crippen LogP contribution in [0.3, 0.4) is 0 Å². The highest BCUT2D eigenvalue weighted by atomic mass is 19.1. The first-order chi connectivity index (χ1) is 20.3. The van der Waals surface area contributed by atoms with E-state index in [0.29, 0.717) is 31.8 Å². The first-order valence-electron chi connectivity index (χ1n) is 15.8. The van der Waals surface area contributed by atoms with E-state index in [0.717, 1.165) is 32.2 Å². The fourth-order valence-corrected chi connectivity index (χ4v) is 9.19. The molecule has 0 bridgehead atoms. The van der Waals surface area contributed by atoms with Gasteiger partial charge in [0.1, 0.15) is 11.7 Å². The smallest absolute Gasteiger partial charge is 0.340 e. The highest BCUT2D eigenvalue weighted by Crippen LogP contribution is 2.47. The second-order valence-electron chi connectivity index (χ2n) is 13.5. The molecule has 42 heavy (non-hydrogen) atoms. The van der Waals surface area contributed by atoms with Gasteiger partial charge in [0, 0.05) is 41.2 Å². The van der Waals surface area contributed by atoms with Crippen LogP contribution in [0, 0.1) is 5.92 Å². The molecule has 0 amide bonds. The number of aliphatic carboxylic acids is 1. The molecule has 4 aliphatic heterocycles. The van der Waals surface area contributed by atoms with Crippen LogP contribution in [0.5, 0.6) is 0 Å². The van der Waals surface area contributed by atoms with Crippen molar-refractivity contribution >= 4 is 11.8 Å². The molecular formula is C29H42FN7O5. The topological polar surface area (TPSA) is 152 Å². The molecule has 12 nitrogen and oxygen atoms in total. The molecule has 4 heterocycles.